The molecule has 0 aliphatic heterocycles. The zero-order valence-corrected chi connectivity index (χ0v) is 18.0. The van der Waals surface area contributed by atoms with Gasteiger partial charge in [0.05, 0.1) is 18.3 Å². The van der Waals surface area contributed by atoms with E-state index in [1.54, 1.807) is 6.20 Å². The van der Waals surface area contributed by atoms with Crippen LogP contribution >= 0.6 is 0 Å². The van der Waals surface area contributed by atoms with E-state index in [0.29, 0.717) is 41.7 Å². The number of nitrogens with zero attached hydrogens (tertiary/aromatic N) is 1. The highest BCUT2D eigenvalue weighted by atomic mass is 16.3. The van der Waals surface area contributed by atoms with Gasteiger partial charge in [0.25, 0.3) is 0 Å². The summed E-state index contributed by atoms with van der Waals surface area (Å²) in [6.45, 7) is 8.85. The minimum atomic E-state index is -0.236. The Balaban J connectivity index is 1.64. The van der Waals surface area contributed by atoms with Crippen LogP contribution in [0.15, 0.2) is 60.3 Å². The van der Waals surface area contributed by atoms with Crippen LogP contribution in [0.5, 0.6) is 0 Å². The number of carbonyl (C=O) groups is 1. The summed E-state index contributed by atoms with van der Waals surface area (Å²) in [5, 5.41) is 13.5. The lowest BCUT2D eigenvalue weighted by atomic mass is 9.58. The van der Waals surface area contributed by atoms with Crippen LogP contribution in [0.25, 0.3) is 0 Å². The molecule has 1 heterocycles. The van der Waals surface area contributed by atoms with Crippen LogP contribution in [0.3, 0.4) is 0 Å². The van der Waals surface area contributed by atoms with E-state index >= 15 is 0 Å². The topological polar surface area (TPSA) is 62.2 Å². The van der Waals surface area contributed by atoms with Gasteiger partial charge in [0, 0.05) is 11.8 Å². The van der Waals surface area contributed by atoms with Crippen molar-refractivity contribution in [1.29, 1.82) is 0 Å². The Bertz CT molecular complexity index is 783. The molecule has 0 unspecified atom stereocenters. The first-order chi connectivity index (χ1) is 13.9. The first-order valence-electron chi connectivity index (χ1n) is 10.8. The Morgan fingerprint density at radius 1 is 1.28 bits per heavy atom. The lowest BCUT2D eigenvalue weighted by molar-refractivity contribution is -0.117. The summed E-state index contributed by atoms with van der Waals surface area (Å²) in [7, 11) is 0. The first-order valence-corrected chi connectivity index (χ1v) is 10.8. The number of rotatable bonds is 5. The zero-order valence-electron chi connectivity index (χ0n) is 18.0. The molecule has 1 saturated carbocycles. The predicted molar refractivity (Wildman–Crippen MR) is 117 cm³/mol. The molecule has 4 heteroatoms. The van der Waals surface area contributed by atoms with Crippen LogP contribution < -0.4 is 5.32 Å². The van der Waals surface area contributed by atoms with Crippen molar-refractivity contribution in [2.75, 3.05) is 0 Å². The lowest BCUT2D eigenvalue weighted by Gasteiger charge is -2.48. The van der Waals surface area contributed by atoms with E-state index in [-0.39, 0.29) is 17.9 Å². The first kappa shape index (κ1) is 21.5. The largest absolute Gasteiger partial charge is 0.393 e. The molecule has 7 atom stereocenters. The van der Waals surface area contributed by atoms with Crippen molar-refractivity contribution in [3.63, 3.8) is 0 Å². The SMILES string of the molecule is C/C(=C\C=C\[C@@H]1[C@H]2[C@H](C)[C@@H](O)[C@H](C)C[C@@H]2C=C[C@@H]1C)C(=O)NCc1ccccn1. The van der Waals surface area contributed by atoms with Gasteiger partial charge in [-0.05, 0) is 61.0 Å². The highest BCUT2D eigenvalue weighted by Crippen LogP contribution is 2.48. The molecule has 0 spiro atoms. The molecule has 2 aliphatic rings. The standard InChI is InChI=1S/C25H34N2O2/c1-16-11-12-20-14-18(3)24(28)19(4)23(20)22(16)10-7-8-17(2)25(29)27-15-21-9-5-6-13-26-21/h5-13,16,18-20,22-24,28H,14-15H2,1-4H3,(H,27,29)/b10-7+,17-8+/t16-,18+,19-,20-,22-,23-,24-/m0/s1. The van der Waals surface area contributed by atoms with Gasteiger partial charge in [-0.15, -0.1) is 0 Å². The highest BCUT2D eigenvalue weighted by Gasteiger charge is 2.44. The van der Waals surface area contributed by atoms with Crippen molar-refractivity contribution in [2.45, 2.75) is 46.8 Å². The van der Waals surface area contributed by atoms with Gasteiger partial charge in [-0.3, -0.25) is 9.78 Å². The van der Waals surface area contributed by atoms with Gasteiger partial charge >= 0.3 is 0 Å². The average Bonchev–Trinajstić information content (AvgIpc) is 2.72. The van der Waals surface area contributed by atoms with Crippen molar-refractivity contribution in [1.82, 2.24) is 10.3 Å². The number of fused-ring (bicyclic) bond motifs is 1. The molecule has 3 rings (SSSR count). The smallest absolute Gasteiger partial charge is 0.247 e. The fraction of sp³-hybridized carbons (Fsp3) is 0.520. The number of carbonyl (C=O) groups excluding carboxylic acids is 1. The van der Waals surface area contributed by atoms with Crippen LogP contribution in [0, 0.1) is 35.5 Å². The molecule has 0 bridgehead atoms. The van der Waals surface area contributed by atoms with Gasteiger partial charge in [-0.2, -0.15) is 0 Å². The van der Waals surface area contributed by atoms with Gasteiger partial charge in [0.1, 0.15) is 0 Å². The number of pyridine rings is 1. The number of hydrogen-bond acceptors (Lipinski definition) is 3. The third kappa shape index (κ3) is 5.05. The van der Waals surface area contributed by atoms with E-state index < -0.39 is 0 Å². The number of aliphatic hydroxyl groups excluding tert-OH is 1. The summed E-state index contributed by atoms with van der Waals surface area (Å²) < 4.78 is 0. The third-order valence-corrected chi connectivity index (χ3v) is 6.77. The van der Waals surface area contributed by atoms with Crippen molar-refractivity contribution in [3.8, 4) is 0 Å². The Hall–Kier alpha value is -2.20. The van der Waals surface area contributed by atoms with Gasteiger partial charge in [0.2, 0.25) is 5.91 Å². The molecule has 0 aromatic carbocycles. The third-order valence-electron chi connectivity index (χ3n) is 6.77. The van der Waals surface area contributed by atoms with Gasteiger partial charge in [0.15, 0.2) is 0 Å². The lowest BCUT2D eigenvalue weighted by Crippen LogP contribution is -2.46. The van der Waals surface area contributed by atoms with Gasteiger partial charge < -0.3 is 10.4 Å². The zero-order chi connectivity index (χ0) is 21.0. The normalized spacial score (nSPS) is 34.8. The number of nitrogens with one attached hydrogen (secondary N) is 1. The average molecular weight is 395 g/mol. The summed E-state index contributed by atoms with van der Waals surface area (Å²) >= 11 is 0. The molecule has 1 aromatic rings. The second-order valence-electron chi connectivity index (χ2n) is 8.86. The molecule has 0 radical (unpaired) electrons. The molecule has 2 N–H and O–H groups in total. The van der Waals surface area contributed by atoms with E-state index in [2.05, 4.69) is 49.3 Å². The molecular formula is C25H34N2O2. The van der Waals surface area contributed by atoms with Gasteiger partial charge in [-0.25, -0.2) is 0 Å². The Morgan fingerprint density at radius 3 is 2.79 bits per heavy atom. The molecule has 156 valence electrons. The summed E-state index contributed by atoms with van der Waals surface area (Å²) in [6, 6.07) is 5.67. The second-order valence-corrected chi connectivity index (χ2v) is 8.86. The molecule has 2 aliphatic carbocycles. The maximum atomic E-state index is 12.3. The number of aromatic nitrogens is 1. The number of amides is 1. The number of aliphatic hydroxyl groups is 1. The monoisotopic (exact) mass is 394 g/mol. The van der Waals surface area contributed by atoms with E-state index in [0.717, 1.165) is 12.1 Å². The molecule has 4 nitrogen and oxygen atoms in total. The fourth-order valence-electron chi connectivity index (χ4n) is 5.02. The van der Waals surface area contributed by atoms with E-state index in [4.69, 9.17) is 0 Å². The molecule has 1 amide bonds. The highest BCUT2D eigenvalue weighted by molar-refractivity contribution is 5.92. The van der Waals surface area contributed by atoms with Gasteiger partial charge in [-0.1, -0.05) is 57.2 Å². The molecule has 29 heavy (non-hydrogen) atoms. The van der Waals surface area contributed by atoms with E-state index in [9.17, 15) is 9.90 Å². The predicted octanol–water partition coefficient (Wildman–Crippen LogP) is 4.29. The van der Waals surface area contributed by atoms with Crippen LogP contribution in [0.1, 0.15) is 39.8 Å². The van der Waals surface area contributed by atoms with Crippen LogP contribution in [-0.4, -0.2) is 22.1 Å². The Morgan fingerprint density at radius 2 is 2.07 bits per heavy atom. The quantitative estimate of drug-likeness (QED) is 0.445. The van der Waals surface area contributed by atoms with Crippen LogP contribution in [-0.2, 0) is 11.3 Å². The minimum Gasteiger partial charge on any atom is -0.393 e. The summed E-state index contributed by atoms with van der Waals surface area (Å²) in [5.74, 6) is 2.33. The fourth-order valence-corrected chi connectivity index (χ4v) is 5.02. The second kappa shape index (κ2) is 9.53. The summed E-state index contributed by atoms with van der Waals surface area (Å²) in [6.07, 6.45) is 13.4. The Labute approximate surface area is 174 Å². The van der Waals surface area contributed by atoms with Crippen molar-refractivity contribution < 1.29 is 9.90 Å². The van der Waals surface area contributed by atoms with Crippen molar-refractivity contribution in [2.24, 2.45) is 35.5 Å². The van der Waals surface area contributed by atoms with Crippen molar-refractivity contribution in [3.05, 3.63) is 66.0 Å². The van der Waals surface area contributed by atoms with E-state index in [1.165, 1.54) is 0 Å². The summed E-state index contributed by atoms with van der Waals surface area (Å²) in [4.78, 5) is 16.6. The van der Waals surface area contributed by atoms with Crippen LogP contribution in [0.2, 0.25) is 0 Å². The molecular weight excluding hydrogens is 360 g/mol. The van der Waals surface area contributed by atoms with Crippen molar-refractivity contribution >= 4 is 5.91 Å². The maximum absolute atomic E-state index is 12.3. The molecule has 1 fully saturated rings. The number of hydrogen-bond donors (Lipinski definition) is 2. The number of allylic oxidation sites excluding steroid dienone is 5. The summed E-state index contributed by atoms with van der Waals surface area (Å²) in [5.41, 5.74) is 1.52. The van der Waals surface area contributed by atoms with E-state index in [1.807, 2.05) is 37.3 Å². The minimum absolute atomic E-state index is 0.0787. The maximum Gasteiger partial charge on any atom is 0.247 e. The molecule has 1 aromatic heterocycles. The molecule has 0 saturated heterocycles. The van der Waals surface area contributed by atoms with Crippen LogP contribution in [0.4, 0.5) is 0 Å². The Kier molecular flexibility index (Phi) is 7.07.